The van der Waals surface area contributed by atoms with E-state index in [1.807, 2.05) is 18.2 Å². The first kappa shape index (κ1) is 18.3. The van der Waals surface area contributed by atoms with E-state index in [2.05, 4.69) is 42.0 Å². The highest BCUT2D eigenvalue weighted by Gasteiger charge is 2.15. The van der Waals surface area contributed by atoms with Crippen molar-refractivity contribution >= 4 is 21.6 Å². The molecule has 1 aromatic carbocycles. The SMILES string of the molecule is CC(C)(C)NCc1ccc(N(CCO)CC(F)F)c(Br)c1. The van der Waals surface area contributed by atoms with Gasteiger partial charge in [-0.1, -0.05) is 6.07 Å². The van der Waals surface area contributed by atoms with Gasteiger partial charge in [0.2, 0.25) is 0 Å². The Hall–Kier alpha value is -0.720. The Bertz CT molecular complexity index is 450. The standard InChI is InChI=1S/C15H23BrF2N2O/c1-15(2,3)19-9-11-4-5-13(12(16)8-11)20(6-7-21)10-14(17)18/h4-5,8,14,19,21H,6-7,9-10H2,1-3H3. The van der Waals surface area contributed by atoms with Gasteiger partial charge in [-0.05, 0) is 54.4 Å². The number of benzene rings is 1. The predicted octanol–water partition coefficient (Wildman–Crippen LogP) is 3.40. The number of halogens is 3. The minimum absolute atomic E-state index is 0.0176. The largest absolute Gasteiger partial charge is 0.395 e. The van der Waals surface area contributed by atoms with E-state index in [0.717, 1.165) is 10.0 Å². The number of rotatable bonds is 7. The van der Waals surface area contributed by atoms with Crippen molar-refractivity contribution in [1.82, 2.24) is 5.32 Å². The molecule has 0 unspecified atom stereocenters. The molecule has 0 fully saturated rings. The van der Waals surface area contributed by atoms with Gasteiger partial charge in [0.1, 0.15) is 0 Å². The molecule has 0 aliphatic heterocycles. The summed E-state index contributed by atoms with van der Waals surface area (Å²) in [6.07, 6.45) is -2.44. The second-order valence-electron chi connectivity index (χ2n) is 5.95. The predicted molar refractivity (Wildman–Crippen MR) is 86.0 cm³/mol. The summed E-state index contributed by atoms with van der Waals surface area (Å²) in [5.41, 5.74) is 1.76. The molecule has 0 aliphatic rings. The summed E-state index contributed by atoms with van der Waals surface area (Å²) in [7, 11) is 0. The van der Waals surface area contributed by atoms with Gasteiger partial charge in [0.05, 0.1) is 18.8 Å². The number of nitrogens with zero attached hydrogens (tertiary/aromatic N) is 1. The molecule has 120 valence electrons. The molecule has 0 aliphatic carbocycles. The van der Waals surface area contributed by atoms with Crippen LogP contribution in [0.2, 0.25) is 0 Å². The zero-order valence-electron chi connectivity index (χ0n) is 12.7. The highest BCUT2D eigenvalue weighted by molar-refractivity contribution is 9.10. The summed E-state index contributed by atoms with van der Waals surface area (Å²) < 4.78 is 26.0. The number of hydrogen-bond acceptors (Lipinski definition) is 3. The molecule has 1 aromatic rings. The average Bonchev–Trinajstić information content (AvgIpc) is 2.34. The van der Waals surface area contributed by atoms with Crippen molar-refractivity contribution in [2.75, 3.05) is 24.6 Å². The maximum absolute atomic E-state index is 12.6. The molecule has 6 heteroatoms. The minimum atomic E-state index is -2.44. The van der Waals surface area contributed by atoms with E-state index in [0.29, 0.717) is 12.2 Å². The molecule has 1 rings (SSSR count). The van der Waals surface area contributed by atoms with E-state index in [9.17, 15) is 8.78 Å². The fourth-order valence-corrected chi connectivity index (χ4v) is 2.56. The fourth-order valence-electron chi connectivity index (χ4n) is 1.88. The molecule has 0 heterocycles. The zero-order chi connectivity index (χ0) is 16.0. The number of hydrogen-bond donors (Lipinski definition) is 2. The van der Waals surface area contributed by atoms with E-state index in [1.165, 1.54) is 4.90 Å². The van der Waals surface area contributed by atoms with Crippen LogP contribution in [0.4, 0.5) is 14.5 Å². The molecule has 0 aromatic heterocycles. The molecule has 0 radical (unpaired) electrons. The summed E-state index contributed by atoms with van der Waals surface area (Å²) in [5.74, 6) is 0. The molecule has 2 N–H and O–H groups in total. The van der Waals surface area contributed by atoms with Crippen LogP contribution in [-0.4, -0.2) is 36.8 Å². The van der Waals surface area contributed by atoms with Crippen molar-refractivity contribution in [3.05, 3.63) is 28.2 Å². The zero-order valence-corrected chi connectivity index (χ0v) is 14.3. The van der Waals surface area contributed by atoms with Crippen LogP contribution >= 0.6 is 15.9 Å². The first-order valence-corrected chi connectivity index (χ1v) is 7.69. The molecule has 0 atom stereocenters. The van der Waals surface area contributed by atoms with E-state index in [1.54, 1.807) is 0 Å². The molecular formula is C15H23BrF2N2O. The number of aliphatic hydroxyl groups excluding tert-OH is 1. The fraction of sp³-hybridized carbons (Fsp3) is 0.600. The molecule has 0 bridgehead atoms. The van der Waals surface area contributed by atoms with E-state index < -0.39 is 13.0 Å². The monoisotopic (exact) mass is 364 g/mol. The molecule has 0 amide bonds. The van der Waals surface area contributed by atoms with Crippen LogP contribution in [0.3, 0.4) is 0 Å². The minimum Gasteiger partial charge on any atom is -0.395 e. The Morgan fingerprint density at radius 1 is 1.33 bits per heavy atom. The van der Waals surface area contributed by atoms with Crippen molar-refractivity contribution in [2.45, 2.75) is 39.3 Å². The van der Waals surface area contributed by atoms with Gasteiger partial charge in [0.25, 0.3) is 6.43 Å². The summed E-state index contributed by atoms with van der Waals surface area (Å²) in [6, 6.07) is 5.64. The molecule has 0 saturated carbocycles. The maximum Gasteiger partial charge on any atom is 0.255 e. The maximum atomic E-state index is 12.6. The van der Waals surface area contributed by atoms with Crippen molar-refractivity contribution in [2.24, 2.45) is 0 Å². The summed E-state index contributed by atoms with van der Waals surface area (Å²) in [5, 5.41) is 12.4. The molecule has 21 heavy (non-hydrogen) atoms. The number of aliphatic hydroxyl groups is 1. The van der Waals surface area contributed by atoms with E-state index >= 15 is 0 Å². The van der Waals surface area contributed by atoms with Crippen LogP contribution in [0.25, 0.3) is 0 Å². The Balaban J connectivity index is 2.84. The highest BCUT2D eigenvalue weighted by Crippen LogP contribution is 2.28. The van der Waals surface area contributed by atoms with Crippen LogP contribution in [0.5, 0.6) is 0 Å². The normalized spacial score (nSPS) is 12.0. The van der Waals surface area contributed by atoms with Gasteiger partial charge >= 0.3 is 0 Å². The van der Waals surface area contributed by atoms with Gasteiger partial charge < -0.3 is 15.3 Å². The van der Waals surface area contributed by atoms with Gasteiger partial charge in [-0.15, -0.1) is 0 Å². The smallest absolute Gasteiger partial charge is 0.255 e. The highest BCUT2D eigenvalue weighted by atomic mass is 79.9. The quantitative estimate of drug-likeness (QED) is 0.778. The van der Waals surface area contributed by atoms with Crippen LogP contribution in [0.1, 0.15) is 26.3 Å². The van der Waals surface area contributed by atoms with E-state index in [4.69, 9.17) is 5.11 Å². The first-order chi connectivity index (χ1) is 9.73. The van der Waals surface area contributed by atoms with Crippen LogP contribution in [0.15, 0.2) is 22.7 Å². The van der Waals surface area contributed by atoms with Crippen molar-refractivity contribution in [3.8, 4) is 0 Å². The van der Waals surface area contributed by atoms with Crippen LogP contribution in [0, 0.1) is 0 Å². The third-order valence-electron chi connectivity index (χ3n) is 2.90. The molecular weight excluding hydrogens is 342 g/mol. The van der Waals surface area contributed by atoms with Crippen LogP contribution < -0.4 is 10.2 Å². The second-order valence-corrected chi connectivity index (χ2v) is 6.80. The third-order valence-corrected chi connectivity index (χ3v) is 3.54. The lowest BCUT2D eigenvalue weighted by atomic mass is 10.1. The average molecular weight is 365 g/mol. The Labute approximate surface area is 133 Å². The van der Waals surface area contributed by atoms with Gasteiger partial charge in [-0.2, -0.15) is 0 Å². The number of nitrogens with one attached hydrogen (secondary N) is 1. The lowest BCUT2D eigenvalue weighted by Gasteiger charge is -2.25. The number of anilines is 1. The topological polar surface area (TPSA) is 35.5 Å². The molecule has 0 spiro atoms. The van der Waals surface area contributed by atoms with Gasteiger partial charge in [-0.3, -0.25) is 0 Å². The Kier molecular flexibility index (Phi) is 7.03. The van der Waals surface area contributed by atoms with Crippen molar-refractivity contribution in [3.63, 3.8) is 0 Å². The summed E-state index contributed by atoms with van der Waals surface area (Å²) in [4.78, 5) is 1.48. The number of alkyl halides is 2. The second kappa shape index (κ2) is 8.06. The van der Waals surface area contributed by atoms with Crippen LogP contribution in [-0.2, 0) is 6.54 Å². The third kappa shape index (κ3) is 6.72. The summed E-state index contributed by atoms with van der Waals surface area (Å²) in [6.45, 7) is 6.59. The van der Waals surface area contributed by atoms with E-state index in [-0.39, 0.29) is 18.7 Å². The Morgan fingerprint density at radius 3 is 2.48 bits per heavy atom. The van der Waals surface area contributed by atoms with Gasteiger partial charge in [-0.25, -0.2) is 8.78 Å². The molecule has 0 saturated heterocycles. The van der Waals surface area contributed by atoms with Gasteiger partial charge in [0, 0.05) is 23.1 Å². The van der Waals surface area contributed by atoms with Crippen molar-refractivity contribution < 1.29 is 13.9 Å². The lowest BCUT2D eigenvalue weighted by molar-refractivity contribution is 0.152. The lowest BCUT2D eigenvalue weighted by Crippen LogP contribution is -2.35. The van der Waals surface area contributed by atoms with Gasteiger partial charge in [0.15, 0.2) is 0 Å². The molecule has 3 nitrogen and oxygen atoms in total. The first-order valence-electron chi connectivity index (χ1n) is 6.90. The van der Waals surface area contributed by atoms with Crippen molar-refractivity contribution in [1.29, 1.82) is 0 Å². The summed E-state index contributed by atoms with van der Waals surface area (Å²) >= 11 is 3.43. The Morgan fingerprint density at radius 2 is 2.00 bits per heavy atom.